The highest BCUT2D eigenvalue weighted by molar-refractivity contribution is 5.88. The third-order valence-electron chi connectivity index (χ3n) is 10.4. The van der Waals surface area contributed by atoms with Gasteiger partial charge in [0.15, 0.2) is 6.23 Å². The Morgan fingerprint density at radius 1 is 0.644 bits per heavy atom. The number of hydrogen-bond donors (Lipinski definition) is 3. The molecule has 6 rings (SSSR count). The molecule has 9 nitrogen and oxygen atoms in total. The lowest BCUT2D eigenvalue weighted by Gasteiger charge is -2.37. The number of primary amides is 1. The zero-order valence-corrected chi connectivity index (χ0v) is 33.9. The number of carbonyl (C=O) groups excluding carboxylic acids is 2. The van der Waals surface area contributed by atoms with Crippen LogP contribution in [0.2, 0.25) is 0 Å². The average Bonchev–Trinajstić information content (AvgIpc) is 3.27. The summed E-state index contributed by atoms with van der Waals surface area (Å²) in [6.45, 7) is 4.88. The number of carbonyl (C=O) groups is 2. The molecule has 9 heteroatoms. The lowest BCUT2D eigenvalue weighted by Crippen LogP contribution is -2.50. The molecule has 3 amide bonds. The van der Waals surface area contributed by atoms with E-state index in [-0.39, 0.29) is 25.7 Å². The first-order chi connectivity index (χ1) is 29.0. The van der Waals surface area contributed by atoms with Crippen LogP contribution in [0.15, 0.2) is 158 Å². The lowest BCUT2D eigenvalue weighted by atomic mass is 9.88. The minimum Gasteiger partial charge on any atom is -0.444 e. The lowest BCUT2D eigenvalue weighted by molar-refractivity contribution is -0.150. The Hall–Kier alpha value is -6.00. The Morgan fingerprint density at radius 3 is 1.88 bits per heavy atom. The highest BCUT2D eigenvalue weighted by Gasteiger charge is 2.35. The van der Waals surface area contributed by atoms with Crippen molar-refractivity contribution in [3.05, 3.63) is 186 Å². The second-order valence-electron chi connectivity index (χ2n) is 14.7. The van der Waals surface area contributed by atoms with Crippen LogP contribution in [0.4, 0.5) is 15.3 Å². The summed E-state index contributed by atoms with van der Waals surface area (Å²) in [5, 5.41) is 8.75. The van der Waals surface area contributed by atoms with Crippen LogP contribution in [-0.4, -0.2) is 49.0 Å². The molecule has 0 saturated carbocycles. The molecule has 0 radical (unpaired) electrons. The number of nitrogens with zero attached hydrogens (tertiary/aromatic N) is 1. The summed E-state index contributed by atoms with van der Waals surface area (Å²) >= 11 is 0. The Kier molecular flexibility index (Phi) is 16.5. The van der Waals surface area contributed by atoms with Crippen LogP contribution in [0.25, 0.3) is 10.8 Å². The standard InChI is InChI=1S/C50H56N4O5/c1-2-32-52-34-43(46-24-14-22-42-21-12-13-23-45(42)46)27-30-47(57-35-39-15-6-3-7-16-39)48(58-36-40-17-8-4-9-18-40)54(50(56)59-37-41-19-10-5-11-20-41)33-31-38-25-28-44(29-26-38)53-49(51)55/h3-26,28-29,43,47-48,52H,2,27,30-37H2,1H3,(H3,51,53,55). The van der Waals surface area contributed by atoms with Crippen molar-refractivity contribution in [3.8, 4) is 0 Å². The van der Waals surface area contributed by atoms with Crippen LogP contribution in [0.3, 0.4) is 0 Å². The number of nitrogens with one attached hydrogen (secondary N) is 2. The van der Waals surface area contributed by atoms with Gasteiger partial charge in [-0.3, -0.25) is 4.90 Å². The molecule has 3 atom stereocenters. The minimum atomic E-state index is -0.810. The van der Waals surface area contributed by atoms with Gasteiger partial charge in [-0.15, -0.1) is 0 Å². The van der Waals surface area contributed by atoms with E-state index in [0.717, 1.165) is 48.2 Å². The first kappa shape index (κ1) is 42.6. The van der Waals surface area contributed by atoms with Crippen LogP contribution in [0.5, 0.6) is 0 Å². The van der Waals surface area contributed by atoms with Gasteiger partial charge in [-0.25, -0.2) is 9.59 Å². The molecule has 59 heavy (non-hydrogen) atoms. The smallest absolute Gasteiger partial charge is 0.412 e. The molecule has 0 aliphatic heterocycles. The summed E-state index contributed by atoms with van der Waals surface area (Å²) in [4.78, 5) is 27.7. The van der Waals surface area contributed by atoms with Gasteiger partial charge in [-0.1, -0.05) is 153 Å². The Balaban J connectivity index is 1.35. The molecule has 0 aromatic heterocycles. The number of anilines is 1. The van der Waals surface area contributed by atoms with E-state index in [2.05, 4.69) is 60.0 Å². The molecule has 0 heterocycles. The van der Waals surface area contributed by atoms with Gasteiger partial charge in [-0.2, -0.15) is 0 Å². The first-order valence-corrected chi connectivity index (χ1v) is 20.6. The Labute approximate surface area is 348 Å². The molecule has 306 valence electrons. The van der Waals surface area contributed by atoms with Crippen molar-refractivity contribution in [3.63, 3.8) is 0 Å². The summed E-state index contributed by atoms with van der Waals surface area (Å²) < 4.78 is 19.9. The van der Waals surface area contributed by atoms with Crippen molar-refractivity contribution < 1.29 is 23.8 Å². The topological polar surface area (TPSA) is 115 Å². The normalized spacial score (nSPS) is 12.7. The van der Waals surface area contributed by atoms with Gasteiger partial charge in [0, 0.05) is 18.8 Å². The maximum absolute atomic E-state index is 14.5. The van der Waals surface area contributed by atoms with Crippen LogP contribution < -0.4 is 16.4 Å². The third kappa shape index (κ3) is 13.3. The highest BCUT2D eigenvalue weighted by atomic mass is 16.6. The molecule has 0 spiro atoms. The van der Waals surface area contributed by atoms with Gasteiger partial charge < -0.3 is 30.6 Å². The predicted molar refractivity (Wildman–Crippen MR) is 236 cm³/mol. The van der Waals surface area contributed by atoms with Crippen molar-refractivity contribution in [2.75, 3.05) is 25.0 Å². The van der Waals surface area contributed by atoms with Crippen molar-refractivity contribution in [1.82, 2.24) is 10.2 Å². The molecular formula is C50H56N4O5. The van der Waals surface area contributed by atoms with Gasteiger partial charge in [0.05, 0.1) is 13.2 Å². The molecule has 0 aliphatic carbocycles. The van der Waals surface area contributed by atoms with Crippen LogP contribution >= 0.6 is 0 Å². The molecule has 4 N–H and O–H groups in total. The average molecular weight is 793 g/mol. The van der Waals surface area contributed by atoms with Gasteiger partial charge in [0.25, 0.3) is 0 Å². The van der Waals surface area contributed by atoms with Crippen LogP contribution in [-0.2, 0) is 40.5 Å². The molecule has 0 bridgehead atoms. The van der Waals surface area contributed by atoms with Crippen molar-refractivity contribution in [2.45, 2.75) is 70.7 Å². The Morgan fingerprint density at radius 2 is 1.24 bits per heavy atom. The van der Waals surface area contributed by atoms with E-state index >= 15 is 0 Å². The van der Waals surface area contributed by atoms with E-state index in [4.69, 9.17) is 19.9 Å². The number of urea groups is 1. The quantitative estimate of drug-likeness (QED) is 0.0466. The predicted octanol–water partition coefficient (Wildman–Crippen LogP) is 10.2. The van der Waals surface area contributed by atoms with E-state index in [9.17, 15) is 9.59 Å². The van der Waals surface area contributed by atoms with E-state index in [1.54, 1.807) is 17.0 Å². The fraction of sp³-hybridized carbons (Fsp3) is 0.280. The number of benzene rings is 6. The van der Waals surface area contributed by atoms with Crippen molar-refractivity contribution in [1.29, 1.82) is 0 Å². The summed E-state index contributed by atoms with van der Waals surface area (Å²) in [6.07, 6.45) is 1.06. The fourth-order valence-electron chi connectivity index (χ4n) is 7.30. The van der Waals surface area contributed by atoms with Crippen molar-refractivity contribution >= 4 is 28.6 Å². The second-order valence-corrected chi connectivity index (χ2v) is 14.7. The minimum absolute atomic E-state index is 0.108. The van der Waals surface area contributed by atoms with Gasteiger partial charge >= 0.3 is 12.1 Å². The van der Waals surface area contributed by atoms with E-state index in [1.165, 1.54) is 16.3 Å². The molecule has 0 fully saturated rings. The molecule has 0 saturated heterocycles. The molecule has 0 aliphatic rings. The molecule has 6 aromatic rings. The highest BCUT2D eigenvalue weighted by Crippen LogP contribution is 2.31. The van der Waals surface area contributed by atoms with Gasteiger partial charge in [0.1, 0.15) is 12.7 Å². The van der Waals surface area contributed by atoms with E-state index in [0.29, 0.717) is 25.1 Å². The zero-order valence-electron chi connectivity index (χ0n) is 33.9. The number of fused-ring (bicyclic) bond motifs is 1. The largest absolute Gasteiger partial charge is 0.444 e. The van der Waals surface area contributed by atoms with Gasteiger partial charge in [0.2, 0.25) is 0 Å². The number of hydrogen-bond acceptors (Lipinski definition) is 6. The SMILES string of the molecule is CCCNCC(CCC(OCc1ccccc1)C(OCc1ccccc1)N(CCc1ccc(NC(N)=O)cc1)C(=O)OCc1ccccc1)c1cccc2ccccc12. The number of rotatable bonds is 22. The van der Waals surface area contributed by atoms with Crippen LogP contribution in [0, 0.1) is 0 Å². The fourth-order valence-corrected chi connectivity index (χ4v) is 7.30. The molecule has 3 unspecified atom stereocenters. The van der Waals surface area contributed by atoms with Gasteiger partial charge in [-0.05, 0) is 88.9 Å². The second kappa shape index (κ2) is 22.8. The summed E-state index contributed by atoms with van der Waals surface area (Å²) in [5.41, 5.74) is 11.1. The van der Waals surface area contributed by atoms with E-state index in [1.807, 2.05) is 103 Å². The number of nitrogens with two attached hydrogens (primary N) is 1. The summed E-state index contributed by atoms with van der Waals surface area (Å²) in [7, 11) is 0. The Bertz CT molecular complexity index is 2150. The van der Waals surface area contributed by atoms with Crippen molar-refractivity contribution in [2.24, 2.45) is 5.73 Å². The van der Waals surface area contributed by atoms with E-state index < -0.39 is 24.5 Å². The maximum atomic E-state index is 14.5. The summed E-state index contributed by atoms with van der Waals surface area (Å²) in [5.74, 6) is 0.163. The summed E-state index contributed by atoms with van der Waals surface area (Å²) in [6, 6.07) is 51.6. The molecule has 6 aromatic carbocycles. The maximum Gasteiger partial charge on any atom is 0.412 e. The monoisotopic (exact) mass is 792 g/mol. The van der Waals surface area contributed by atoms with Crippen LogP contribution in [0.1, 0.15) is 59.9 Å². The molecular weight excluding hydrogens is 737 g/mol. The third-order valence-corrected chi connectivity index (χ3v) is 10.4. The number of ether oxygens (including phenoxy) is 3. The first-order valence-electron chi connectivity index (χ1n) is 20.6. The number of amides is 3. The zero-order chi connectivity index (χ0) is 41.1.